The molecule has 2 aromatic rings. The van der Waals surface area contributed by atoms with Gasteiger partial charge in [-0.1, -0.05) is 12.1 Å². The van der Waals surface area contributed by atoms with E-state index < -0.39 is 17.5 Å². The zero-order valence-electron chi connectivity index (χ0n) is 14.9. The van der Waals surface area contributed by atoms with E-state index in [-0.39, 0.29) is 11.6 Å². The number of anilines is 1. The van der Waals surface area contributed by atoms with Gasteiger partial charge in [0.1, 0.15) is 0 Å². The number of hydrogen-bond acceptors (Lipinski definition) is 3. The fraction of sp³-hybridized carbons (Fsp3) is 0.316. The van der Waals surface area contributed by atoms with Crippen molar-refractivity contribution in [2.45, 2.75) is 6.04 Å². The van der Waals surface area contributed by atoms with E-state index in [0.29, 0.717) is 6.54 Å². The second kappa shape index (κ2) is 8.07. The summed E-state index contributed by atoms with van der Waals surface area (Å²) in [4.78, 5) is 16.2. The maximum Gasteiger partial charge on any atom is 0.251 e. The molecule has 1 atom stereocenters. The van der Waals surface area contributed by atoms with Crippen LogP contribution in [0.3, 0.4) is 0 Å². The molecule has 0 unspecified atom stereocenters. The molecule has 0 fully saturated rings. The average Bonchev–Trinajstić information content (AvgIpc) is 2.57. The Balaban J connectivity index is 2.08. The zero-order chi connectivity index (χ0) is 18.6. The smallest absolute Gasteiger partial charge is 0.251 e. The quantitative estimate of drug-likeness (QED) is 0.872. The van der Waals surface area contributed by atoms with Gasteiger partial charge >= 0.3 is 0 Å². The maximum atomic E-state index is 13.3. The lowest BCUT2D eigenvalue weighted by atomic mass is 10.0. The number of benzene rings is 2. The predicted octanol–water partition coefficient (Wildman–Crippen LogP) is 3.06. The Morgan fingerprint density at radius 2 is 1.64 bits per heavy atom. The van der Waals surface area contributed by atoms with Gasteiger partial charge in [0.05, 0.1) is 6.04 Å². The van der Waals surface area contributed by atoms with Crippen molar-refractivity contribution in [3.05, 3.63) is 65.2 Å². The van der Waals surface area contributed by atoms with E-state index in [1.807, 2.05) is 62.3 Å². The summed E-state index contributed by atoms with van der Waals surface area (Å²) in [5, 5.41) is 2.78. The molecule has 0 aromatic heterocycles. The molecule has 25 heavy (non-hydrogen) atoms. The topological polar surface area (TPSA) is 35.6 Å². The minimum atomic E-state index is -1.03. The largest absolute Gasteiger partial charge is 0.378 e. The number of nitrogens with one attached hydrogen (secondary N) is 1. The molecule has 2 rings (SSSR count). The van der Waals surface area contributed by atoms with Crippen LogP contribution in [0.1, 0.15) is 22.0 Å². The molecule has 0 aliphatic carbocycles. The van der Waals surface area contributed by atoms with Crippen LogP contribution >= 0.6 is 0 Å². The predicted molar refractivity (Wildman–Crippen MR) is 95.9 cm³/mol. The normalized spacial score (nSPS) is 12.1. The summed E-state index contributed by atoms with van der Waals surface area (Å²) in [5.41, 5.74) is 2.24. The van der Waals surface area contributed by atoms with Crippen molar-refractivity contribution in [2.75, 3.05) is 39.6 Å². The van der Waals surface area contributed by atoms with Gasteiger partial charge in [-0.3, -0.25) is 4.79 Å². The Morgan fingerprint density at radius 3 is 2.16 bits per heavy atom. The number of amides is 1. The molecule has 0 bridgehead atoms. The van der Waals surface area contributed by atoms with Crippen LogP contribution in [0.15, 0.2) is 42.5 Å². The van der Waals surface area contributed by atoms with E-state index in [4.69, 9.17) is 0 Å². The van der Waals surface area contributed by atoms with Crippen LogP contribution in [-0.2, 0) is 0 Å². The second-order valence-electron chi connectivity index (χ2n) is 6.30. The molecule has 4 nitrogen and oxygen atoms in total. The number of halogens is 2. The minimum absolute atomic E-state index is 0.0366. The fourth-order valence-electron chi connectivity index (χ4n) is 2.52. The molecule has 0 saturated heterocycles. The van der Waals surface area contributed by atoms with Gasteiger partial charge in [0.2, 0.25) is 0 Å². The van der Waals surface area contributed by atoms with Gasteiger partial charge in [-0.05, 0) is 50.0 Å². The van der Waals surface area contributed by atoms with Crippen LogP contribution in [0.25, 0.3) is 0 Å². The standard InChI is InChI=1S/C19H23F2N3O/c1-23(2)15-8-5-13(6-9-15)18(24(3)4)12-22-19(25)14-7-10-16(20)17(21)11-14/h5-11,18H,12H2,1-4H3,(H,22,25)/t18-/m1/s1. The summed E-state index contributed by atoms with van der Waals surface area (Å²) in [6.45, 7) is 0.353. The first-order valence-corrected chi connectivity index (χ1v) is 7.96. The average molecular weight is 347 g/mol. The number of nitrogens with zero attached hydrogens (tertiary/aromatic N) is 2. The van der Waals surface area contributed by atoms with Crippen molar-refractivity contribution in [1.29, 1.82) is 0 Å². The highest BCUT2D eigenvalue weighted by atomic mass is 19.2. The van der Waals surface area contributed by atoms with Crippen molar-refractivity contribution in [2.24, 2.45) is 0 Å². The molecule has 1 amide bonds. The molecule has 0 radical (unpaired) electrons. The lowest BCUT2D eigenvalue weighted by Crippen LogP contribution is -2.34. The first-order chi connectivity index (χ1) is 11.8. The highest BCUT2D eigenvalue weighted by Gasteiger charge is 2.17. The van der Waals surface area contributed by atoms with Crippen molar-refractivity contribution in [3.63, 3.8) is 0 Å². The molecule has 0 spiro atoms. The summed E-state index contributed by atoms with van der Waals surface area (Å²) in [6.07, 6.45) is 0. The van der Waals surface area contributed by atoms with E-state index in [9.17, 15) is 13.6 Å². The summed E-state index contributed by atoms with van der Waals surface area (Å²) in [6, 6.07) is 11.2. The Hall–Kier alpha value is -2.47. The molecule has 0 aliphatic heterocycles. The number of carbonyl (C=O) groups excluding carboxylic acids is 1. The molecule has 0 saturated carbocycles. The van der Waals surface area contributed by atoms with E-state index in [1.165, 1.54) is 6.07 Å². The molecule has 134 valence electrons. The Labute approximate surface area is 147 Å². The summed E-state index contributed by atoms with van der Waals surface area (Å²) in [7, 11) is 7.80. The van der Waals surface area contributed by atoms with Gasteiger partial charge in [-0.15, -0.1) is 0 Å². The Kier molecular flexibility index (Phi) is 6.09. The molecular formula is C19H23F2N3O. The summed E-state index contributed by atoms with van der Waals surface area (Å²) in [5.74, 6) is -2.43. The SMILES string of the molecule is CN(C)c1ccc([C@@H](CNC(=O)c2ccc(F)c(F)c2)N(C)C)cc1. The van der Waals surface area contributed by atoms with Crippen LogP contribution in [0, 0.1) is 11.6 Å². The van der Waals surface area contributed by atoms with Gasteiger partial charge in [0.25, 0.3) is 5.91 Å². The van der Waals surface area contributed by atoms with Crippen LogP contribution in [0.2, 0.25) is 0 Å². The maximum absolute atomic E-state index is 13.3. The Bertz CT molecular complexity index is 730. The number of hydrogen-bond donors (Lipinski definition) is 1. The van der Waals surface area contributed by atoms with E-state index in [1.54, 1.807) is 0 Å². The van der Waals surface area contributed by atoms with Gasteiger partial charge in [0.15, 0.2) is 11.6 Å². The molecule has 2 aromatic carbocycles. The van der Waals surface area contributed by atoms with E-state index >= 15 is 0 Å². The van der Waals surface area contributed by atoms with Crippen molar-refractivity contribution >= 4 is 11.6 Å². The summed E-state index contributed by atoms with van der Waals surface area (Å²) >= 11 is 0. The first kappa shape index (κ1) is 18.9. The molecule has 0 aliphatic rings. The van der Waals surface area contributed by atoms with Crippen LogP contribution in [-0.4, -0.2) is 45.5 Å². The number of likely N-dealkylation sites (N-methyl/N-ethyl adjacent to an activating group) is 1. The van der Waals surface area contributed by atoms with Gasteiger partial charge in [-0.25, -0.2) is 8.78 Å². The molecular weight excluding hydrogens is 324 g/mol. The highest BCUT2D eigenvalue weighted by molar-refractivity contribution is 5.94. The molecule has 1 N–H and O–H groups in total. The van der Waals surface area contributed by atoms with Crippen LogP contribution in [0.4, 0.5) is 14.5 Å². The highest BCUT2D eigenvalue weighted by Crippen LogP contribution is 2.21. The van der Waals surface area contributed by atoms with E-state index in [0.717, 1.165) is 23.4 Å². The van der Waals surface area contributed by atoms with Gasteiger partial charge < -0.3 is 15.1 Å². The third-order valence-corrected chi connectivity index (χ3v) is 4.06. The monoisotopic (exact) mass is 347 g/mol. The molecule has 0 heterocycles. The Morgan fingerprint density at radius 1 is 1.00 bits per heavy atom. The van der Waals surface area contributed by atoms with Crippen LogP contribution in [0.5, 0.6) is 0 Å². The number of carbonyl (C=O) groups is 1. The third kappa shape index (κ3) is 4.76. The van der Waals surface area contributed by atoms with Crippen molar-refractivity contribution in [3.8, 4) is 0 Å². The zero-order valence-corrected chi connectivity index (χ0v) is 14.9. The lowest BCUT2D eigenvalue weighted by molar-refractivity contribution is 0.0941. The van der Waals surface area contributed by atoms with Gasteiger partial charge in [0, 0.05) is 31.9 Å². The lowest BCUT2D eigenvalue weighted by Gasteiger charge is -2.26. The van der Waals surface area contributed by atoms with Gasteiger partial charge in [-0.2, -0.15) is 0 Å². The summed E-state index contributed by atoms with van der Waals surface area (Å²) < 4.78 is 26.2. The van der Waals surface area contributed by atoms with Crippen LogP contribution < -0.4 is 10.2 Å². The van der Waals surface area contributed by atoms with Crippen molar-refractivity contribution < 1.29 is 13.6 Å². The molecule has 6 heteroatoms. The third-order valence-electron chi connectivity index (χ3n) is 4.06. The van der Waals surface area contributed by atoms with E-state index in [2.05, 4.69) is 5.32 Å². The second-order valence-corrected chi connectivity index (χ2v) is 6.30. The minimum Gasteiger partial charge on any atom is -0.378 e. The fourth-order valence-corrected chi connectivity index (χ4v) is 2.52. The van der Waals surface area contributed by atoms with Crippen molar-refractivity contribution in [1.82, 2.24) is 10.2 Å². The first-order valence-electron chi connectivity index (χ1n) is 7.96. The number of rotatable bonds is 6.